The topological polar surface area (TPSA) is 49.8 Å². The second-order valence-corrected chi connectivity index (χ2v) is 4.17. The second-order valence-electron chi connectivity index (χ2n) is 4.17. The molecule has 0 unspecified atom stereocenters. The van der Waals surface area contributed by atoms with Gasteiger partial charge >= 0.3 is 0 Å². The van der Waals surface area contributed by atoms with E-state index < -0.39 is 6.10 Å². The fourth-order valence-corrected chi connectivity index (χ4v) is 1.88. The van der Waals surface area contributed by atoms with Gasteiger partial charge in [0.2, 0.25) is 0 Å². The summed E-state index contributed by atoms with van der Waals surface area (Å²) in [4.78, 5) is 13.0. The summed E-state index contributed by atoms with van der Waals surface area (Å²) in [6, 6.07) is 9.92. The van der Waals surface area contributed by atoms with E-state index in [0.717, 1.165) is 5.56 Å². The van der Waals surface area contributed by atoms with Crippen LogP contribution in [0.2, 0.25) is 0 Å². The number of benzene rings is 1. The van der Waals surface area contributed by atoms with Gasteiger partial charge < -0.3 is 14.7 Å². The summed E-state index contributed by atoms with van der Waals surface area (Å²) in [6.07, 6.45) is -0.263. The molecule has 0 aromatic heterocycles. The molecule has 1 N–H and O–H groups in total. The highest BCUT2D eigenvalue weighted by Gasteiger charge is 2.28. The minimum Gasteiger partial charge on any atom is -0.383 e. The lowest BCUT2D eigenvalue weighted by atomic mass is 10.2. The molecule has 0 saturated carbocycles. The van der Waals surface area contributed by atoms with Crippen LogP contribution in [0.25, 0.3) is 0 Å². The molecule has 0 aliphatic carbocycles. The monoisotopic (exact) mass is 235 g/mol. The number of hydrogen-bond donors (Lipinski definition) is 1. The van der Waals surface area contributed by atoms with Crippen LogP contribution in [0.4, 0.5) is 0 Å². The van der Waals surface area contributed by atoms with Crippen molar-refractivity contribution in [3.63, 3.8) is 0 Å². The Morgan fingerprint density at radius 2 is 2.12 bits per heavy atom. The maximum absolute atomic E-state index is 11.4. The van der Waals surface area contributed by atoms with Crippen molar-refractivity contribution in [2.45, 2.75) is 19.1 Å². The number of aliphatic hydroxyl groups excluding tert-OH is 1. The SMILES string of the molecule is O=C1[C@@H](O)CCN1CCOCc1ccccc1. The standard InChI is InChI=1S/C13H17NO3/c15-12-6-7-14(13(12)16)8-9-17-10-11-4-2-1-3-5-11/h1-5,12,15H,6-10H2/t12-/m0/s1. The molecule has 0 spiro atoms. The average molecular weight is 235 g/mol. The van der Waals surface area contributed by atoms with Crippen LogP contribution in [-0.4, -0.2) is 41.7 Å². The van der Waals surface area contributed by atoms with Crippen LogP contribution < -0.4 is 0 Å². The van der Waals surface area contributed by atoms with Gasteiger partial charge in [-0.15, -0.1) is 0 Å². The van der Waals surface area contributed by atoms with E-state index in [-0.39, 0.29) is 5.91 Å². The number of rotatable bonds is 5. The quantitative estimate of drug-likeness (QED) is 0.768. The Labute approximate surface area is 101 Å². The molecule has 1 aromatic carbocycles. The van der Waals surface area contributed by atoms with E-state index in [1.54, 1.807) is 4.90 Å². The second kappa shape index (κ2) is 5.80. The number of carbonyl (C=O) groups is 1. The zero-order chi connectivity index (χ0) is 12.1. The Morgan fingerprint density at radius 1 is 1.35 bits per heavy atom. The molecule has 1 aliphatic rings. The van der Waals surface area contributed by atoms with Crippen LogP contribution >= 0.6 is 0 Å². The summed E-state index contributed by atoms with van der Waals surface area (Å²) >= 11 is 0. The Morgan fingerprint density at radius 3 is 2.76 bits per heavy atom. The first kappa shape index (κ1) is 12.1. The third kappa shape index (κ3) is 3.28. The molecule has 1 saturated heterocycles. The molecule has 0 radical (unpaired) electrons. The van der Waals surface area contributed by atoms with Crippen LogP contribution in [0.1, 0.15) is 12.0 Å². The Bertz CT molecular complexity index is 366. The van der Waals surface area contributed by atoms with E-state index in [1.165, 1.54) is 0 Å². The molecule has 1 amide bonds. The van der Waals surface area contributed by atoms with Crippen molar-refractivity contribution < 1.29 is 14.6 Å². The van der Waals surface area contributed by atoms with Crippen molar-refractivity contribution in [1.82, 2.24) is 4.90 Å². The van der Waals surface area contributed by atoms with Crippen LogP contribution in [0.5, 0.6) is 0 Å². The highest BCUT2D eigenvalue weighted by molar-refractivity contribution is 5.82. The molecule has 1 fully saturated rings. The highest BCUT2D eigenvalue weighted by atomic mass is 16.5. The zero-order valence-corrected chi connectivity index (χ0v) is 9.71. The summed E-state index contributed by atoms with van der Waals surface area (Å²) < 4.78 is 5.49. The van der Waals surface area contributed by atoms with Crippen LogP contribution in [0.3, 0.4) is 0 Å². The van der Waals surface area contributed by atoms with Gasteiger partial charge in [-0.05, 0) is 12.0 Å². The maximum Gasteiger partial charge on any atom is 0.251 e. The number of nitrogens with zero attached hydrogens (tertiary/aromatic N) is 1. The van der Waals surface area contributed by atoms with Crippen molar-refractivity contribution in [3.8, 4) is 0 Å². The third-order valence-corrected chi connectivity index (χ3v) is 2.89. The molecular weight excluding hydrogens is 218 g/mol. The van der Waals surface area contributed by atoms with Crippen molar-refractivity contribution >= 4 is 5.91 Å². The lowest BCUT2D eigenvalue weighted by Crippen LogP contribution is -2.32. The van der Waals surface area contributed by atoms with Gasteiger partial charge in [0.15, 0.2) is 0 Å². The molecule has 1 heterocycles. The minimum atomic E-state index is -0.802. The summed E-state index contributed by atoms with van der Waals surface area (Å²) in [5.41, 5.74) is 1.13. The molecule has 4 nitrogen and oxygen atoms in total. The lowest BCUT2D eigenvalue weighted by Gasteiger charge is -2.15. The average Bonchev–Trinajstić information content (AvgIpc) is 2.67. The van der Waals surface area contributed by atoms with Crippen molar-refractivity contribution in [2.75, 3.05) is 19.7 Å². The van der Waals surface area contributed by atoms with Gasteiger partial charge in [-0.25, -0.2) is 0 Å². The molecule has 1 aliphatic heterocycles. The van der Waals surface area contributed by atoms with Gasteiger partial charge in [-0.3, -0.25) is 4.79 Å². The number of likely N-dealkylation sites (tertiary alicyclic amines) is 1. The third-order valence-electron chi connectivity index (χ3n) is 2.89. The zero-order valence-electron chi connectivity index (χ0n) is 9.71. The van der Waals surface area contributed by atoms with Gasteiger partial charge in [0.05, 0.1) is 13.2 Å². The molecule has 92 valence electrons. The minimum absolute atomic E-state index is 0.173. The van der Waals surface area contributed by atoms with E-state index in [1.807, 2.05) is 30.3 Å². The largest absolute Gasteiger partial charge is 0.383 e. The number of aliphatic hydroxyl groups is 1. The molecule has 17 heavy (non-hydrogen) atoms. The number of ether oxygens (including phenoxy) is 1. The molecular formula is C13H17NO3. The Kier molecular flexibility index (Phi) is 4.12. The highest BCUT2D eigenvalue weighted by Crippen LogP contribution is 2.10. The Hall–Kier alpha value is -1.39. The number of amides is 1. The predicted molar refractivity (Wildman–Crippen MR) is 63.3 cm³/mol. The summed E-state index contributed by atoms with van der Waals surface area (Å²) in [6.45, 7) is 2.26. The molecule has 1 atom stereocenters. The van der Waals surface area contributed by atoms with E-state index in [4.69, 9.17) is 4.74 Å². The smallest absolute Gasteiger partial charge is 0.251 e. The van der Waals surface area contributed by atoms with Gasteiger partial charge in [0.1, 0.15) is 6.10 Å². The van der Waals surface area contributed by atoms with Crippen LogP contribution in [0.15, 0.2) is 30.3 Å². The molecule has 1 aromatic rings. The first-order chi connectivity index (χ1) is 8.27. The first-order valence-electron chi connectivity index (χ1n) is 5.86. The lowest BCUT2D eigenvalue weighted by molar-refractivity contribution is -0.135. The predicted octanol–water partition coefficient (Wildman–Crippen LogP) is 0.796. The van der Waals surface area contributed by atoms with Gasteiger partial charge in [0.25, 0.3) is 5.91 Å². The molecule has 4 heteroatoms. The molecule has 0 bridgehead atoms. The summed E-state index contributed by atoms with van der Waals surface area (Å²) in [5.74, 6) is -0.173. The van der Waals surface area contributed by atoms with Gasteiger partial charge in [-0.1, -0.05) is 30.3 Å². The van der Waals surface area contributed by atoms with E-state index >= 15 is 0 Å². The van der Waals surface area contributed by atoms with Crippen molar-refractivity contribution in [2.24, 2.45) is 0 Å². The Balaban J connectivity index is 1.65. The van der Waals surface area contributed by atoms with Gasteiger partial charge in [0, 0.05) is 13.1 Å². The van der Waals surface area contributed by atoms with Crippen LogP contribution in [-0.2, 0) is 16.1 Å². The number of hydrogen-bond acceptors (Lipinski definition) is 3. The normalized spacial score (nSPS) is 19.9. The van der Waals surface area contributed by atoms with E-state index in [2.05, 4.69) is 0 Å². The fourth-order valence-electron chi connectivity index (χ4n) is 1.88. The summed E-state index contributed by atoms with van der Waals surface area (Å²) in [5, 5.41) is 9.27. The van der Waals surface area contributed by atoms with Gasteiger partial charge in [-0.2, -0.15) is 0 Å². The van der Waals surface area contributed by atoms with E-state index in [9.17, 15) is 9.90 Å². The number of carbonyl (C=O) groups excluding carboxylic acids is 1. The molecule has 2 rings (SSSR count). The van der Waals surface area contributed by atoms with E-state index in [0.29, 0.717) is 32.7 Å². The maximum atomic E-state index is 11.4. The summed E-state index contributed by atoms with van der Waals surface area (Å²) in [7, 11) is 0. The van der Waals surface area contributed by atoms with Crippen molar-refractivity contribution in [3.05, 3.63) is 35.9 Å². The fraction of sp³-hybridized carbons (Fsp3) is 0.462. The first-order valence-corrected chi connectivity index (χ1v) is 5.86. The van der Waals surface area contributed by atoms with Crippen molar-refractivity contribution in [1.29, 1.82) is 0 Å². The van der Waals surface area contributed by atoms with Crippen LogP contribution in [0, 0.1) is 0 Å².